The number of carbonyl (C=O) groups is 1. The molecular weight excluding hydrogens is 316 g/mol. The first-order chi connectivity index (χ1) is 11.1. The third-order valence-corrected chi connectivity index (χ3v) is 5.31. The van der Waals surface area contributed by atoms with Crippen LogP contribution < -0.4 is 5.32 Å². The Morgan fingerprint density at radius 2 is 2.13 bits per heavy atom. The van der Waals surface area contributed by atoms with Gasteiger partial charge < -0.3 is 19.5 Å². The summed E-state index contributed by atoms with van der Waals surface area (Å²) < 4.78 is 16.6. The minimum absolute atomic E-state index is 0.0701. The predicted molar refractivity (Wildman–Crippen MR) is 86.4 cm³/mol. The van der Waals surface area contributed by atoms with Crippen LogP contribution in [0.4, 0.5) is 0 Å². The van der Waals surface area contributed by atoms with Crippen LogP contribution in [-0.2, 0) is 14.2 Å². The molecule has 23 heavy (non-hydrogen) atoms. The van der Waals surface area contributed by atoms with E-state index < -0.39 is 6.29 Å². The minimum atomic E-state index is -0.413. The summed E-state index contributed by atoms with van der Waals surface area (Å²) >= 11 is 1.33. The fourth-order valence-corrected chi connectivity index (χ4v) is 3.71. The van der Waals surface area contributed by atoms with Gasteiger partial charge in [0.2, 0.25) is 6.29 Å². The largest absolute Gasteiger partial charge is 0.378 e. The van der Waals surface area contributed by atoms with Gasteiger partial charge in [-0.2, -0.15) is 0 Å². The maximum Gasteiger partial charge on any atom is 0.263 e. The van der Waals surface area contributed by atoms with Crippen LogP contribution in [0.3, 0.4) is 0 Å². The molecule has 0 radical (unpaired) electrons. The molecule has 128 valence electrons. The molecule has 0 spiro atoms. The fourth-order valence-electron chi connectivity index (χ4n) is 2.88. The number of hydrogen-bond acceptors (Lipinski definition) is 6. The van der Waals surface area contributed by atoms with E-state index in [1.165, 1.54) is 11.3 Å². The summed E-state index contributed by atoms with van der Waals surface area (Å²) in [7, 11) is 0. The van der Waals surface area contributed by atoms with E-state index in [2.05, 4.69) is 24.1 Å². The molecule has 6 nitrogen and oxygen atoms in total. The minimum Gasteiger partial charge on any atom is -0.378 e. The van der Waals surface area contributed by atoms with Gasteiger partial charge in [-0.05, 0) is 24.7 Å². The van der Waals surface area contributed by atoms with Gasteiger partial charge in [0.1, 0.15) is 9.88 Å². The van der Waals surface area contributed by atoms with Crippen LogP contribution in [0.5, 0.6) is 0 Å². The summed E-state index contributed by atoms with van der Waals surface area (Å²) in [6.07, 6.45) is 3.50. The third-order valence-electron chi connectivity index (χ3n) is 4.29. The van der Waals surface area contributed by atoms with Gasteiger partial charge in [-0.3, -0.25) is 4.79 Å². The number of thiazole rings is 1. The number of hydrogen-bond donors (Lipinski definition) is 1. The van der Waals surface area contributed by atoms with Crippen LogP contribution >= 0.6 is 11.3 Å². The van der Waals surface area contributed by atoms with Crippen molar-refractivity contribution in [3.8, 4) is 0 Å². The first-order valence-corrected chi connectivity index (χ1v) is 9.04. The predicted octanol–water partition coefficient (Wildman–Crippen LogP) is 2.37. The standard InChI is InChI=1S/C16H24N2O4S/c1-10(2)12-7-11(3-4-20-12)8-17-14(19)13-9-18-15(23-13)16-21-5-6-22-16/h9-12,16H,3-8H2,1-2H3,(H,17,19)/t11-,12-/m0/s1. The van der Waals surface area contributed by atoms with Gasteiger partial charge in [0, 0.05) is 13.2 Å². The van der Waals surface area contributed by atoms with Crippen molar-refractivity contribution in [1.82, 2.24) is 10.3 Å². The van der Waals surface area contributed by atoms with Crippen LogP contribution in [0.2, 0.25) is 0 Å². The number of ether oxygens (including phenoxy) is 3. The van der Waals surface area contributed by atoms with Crippen molar-refractivity contribution in [1.29, 1.82) is 0 Å². The van der Waals surface area contributed by atoms with Gasteiger partial charge in [-0.15, -0.1) is 11.3 Å². The van der Waals surface area contributed by atoms with Crippen molar-refractivity contribution in [2.45, 2.75) is 39.1 Å². The van der Waals surface area contributed by atoms with Gasteiger partial charge in [0.25, 0.3) is 5.91 Å². The zero-order valence-electron chi connectivity index (χ0n) is 13.6. The van der Waals surface area contributed by atoms with E-state index in [9.17, 15) is 4.79 Å². The molecule has 2 aliphatic rings. The average molecular weight is 340 g/mol. The highest BCUT2D eigenvalue weighted by Crippen LogP contribution is 2.27. The van der Waals surface area contributed by atoms with Crippen molar-refractivity contribution in [2.24, 2.45) is 11.8 Å². The number of nitrogens with zero attached hydrogens (tertiary/aromatic N) is 1. The summed E-state index contributed by atoms with van der Waals surface area (Å²) in [5, 5.41) is 3.73. The lowest BCUT2D eigenvalue weighted by atomic mass is 9.90. The molecular formula is C16H24N2O4S. The number of nitrogens with one attached hydrogen (secondary N) is 1. The van der Waals surface area contributed by atoms with E-state index in [4.69, 9.17) is 14.2 Å². The maximum absolute atomic E-state index is 12.3. The Kier molecular flexibility index (Phi) is 5.63. The Morgan fingerprint density at radius 1 is 1.35 bits per heavy atom. The molecule has 2 aliphatic heterocycles. The van der Waals surface area contributed by atoms with Gasteiger partial charge in [0.05, 0.1) is 25.5 Å². The number of aromatic nitrogens is 1. The van der Waals surface area contributed by atoms with Crippen LogP contribution in [0, 0.1) is 11.8 Å². The Bertz CT molecular complexity index is 528. The SMILES string of the molecule is CC(C)[C@@H]1C[C@@H](CNC(=O)c2cnc(C3OCCO3)s2)CCO1. The summed E-state index contributed by atoms with van der Waals surface area (Å²) in [5.41, 5.74) is 0. The van der Waals surface area contributed by atoms with Gasteiger partial charge in [-0.1, -0.05) is 13.8 Å². The highest BCUT2D eigenvalue weighted by molar-refractivity contribution is 7.13. The Balaban J connectivity index is 1.49. The highest BCUT2D eigenvalue weighted by Gasteiger charge is 2.26. The first-order valence-electron chi connectivity index (χ1n) is 8.22. The van der Waals surface area contributed by atoms with Crippen molar-refractivity contribution >= 4 is 17.2 Å². The van der Waals surface area contributed by atoms with Crippen molar-refractivity contribution in [3.63, 3.8) is 0 Å². The van der Waals surface area contributed by atoms with E-state index in [0.717, 1.165) is 19.4 Å². The van der Waals surface area contributed by atoms with E-state index >= 15 is 0 Å². The molecule has 2 atom stereocenters. The molecule has 1 N–H and O–H groups in total. The van der Waals surface area contributed by atoms with Crippen LogP contribution in [0.15, 0.2) is 6.20 Å². The molecule has 1 aromatic rings. The lowest BCUT2D eigenvalue weighted by Crippen LogP contribution is -2.36. The van der Waals surface area contributed by atoms with Gasteiger partial charge in [0.15, 0.2) is 0 Å². The molecule has 2 saturated heterocycles. The maximum atomic E-state index is 12.3. The molecule has 0 aliphatic carbocycles. The molecule has 0 bridgehead atoms. The molecule has 7 heteroatoms. The molecule has 1 aromatic heterocycles. The molecule has 3 heterocycles. The lowest BCUT2D eigenvalue weighted by molar-refractivity contribution is -0.0442. The van der Waals surface area contributed by atoms with E-state index in [1.807, 2.05) is 0 Å². The van der Waals surface area contributed by atoms with E-state index in [1.54, 1.807) is 6.20 Å². The van der Waals surface area contributed by atoms with Gasteiger partial charge in [-0.25, -0.2) is 4.98 Å². The lowest BCUT2D eigenvalue weighted by Gasteiger charge is -2.31. The number of amides is 1. The number of rotatable bonds is 5. The molecule has 3 rings (SSSR count). The molecule has 0 saturated carbocycles. The normalized spacial score (nSPS) is 25.9. The Labute approximate surface area is 140 Å². The molecule has 2 fully saturated rings. The fraction of sp³-hybridized carbons (Fsp3) is 0.750. The Hall–Kier alpha value is -1.02. The topological polar surface area (TPSA) is 69.7 Å². The van der Waals surface area contributed by atoms with Crippen molar-refractivity contribution in [3.05, 3.63) is 16.1 Å². The summed E-state index contributed by atoms with van der Waals surface area (Å²) in [6.45, 7) is 6.98. The second-order valence-electron chi connectivity index (χ2n) is 6.39. The summed E-state index contributed by atoms with van der Waals surface area (Å²) in [6, 6.07) is 0. The number of carbonyl (C=O) groups excluding carboxylic acids is 1. The monoisotopic (exact) mass is 340 g/mol. The smallest absolute Gasteiger partial charge is 0.263 e. The second-order valence-corrected chi connectivity index (χ2v) is 7.45. The third kappa shape index (κ3) is 4.29. The second kappa shape index (κ2) is 7.70. The molecule has 0 unspecified atom stereocenters. The average Bonchev–Trinajstić information content (AvgIpc) is 3.23. The van der Waals surface area contributed by atoms with Crippen LogP contribution in [0.1, 0.15) is 47.7 Å². The molecule has 0 aromatic carbocycles. The highest BCUT2D eigenvalue weighted by atomic mass is 32.1. The van der Waals surface area contributed by atoms with Crippen molar-refractivity contribution < 1.29 is 19.0 Å². The zero-order valence-corrected chi connectivity index (χ0v) is 14.4. The molecule has 1 amide bonds. The van der Waals surface area contributed by atoms with E-state index in [-0.39, 0.29) is 5.91 Å². The summed E-state index contributed by atoms with van der Waals surface area (Å²) in [4.78, 5) is 17.1. The quantitative estimate of drug-likeness (QED) is 0.891. The first kappa shape index (κ1) is 16.8. The van der Waals surface area contributed by atoms with Crippen LogP contribution in [-0.4, -0.2) is 43.4 Å². The zero-order chi connectivity index (χ0) is 16.2. The van der Waals surface area contributed by atoms with Gasteiger partial charge >= 0.3 is 0 Å². The van der Waals surface area contributed by atoms with E-state index in [0.29, 0.717) is 47.6 Å². The van der Waals surface area contributed by atoms with Crippen LogP contribution in [0.25, 0.3) is 0 Å². The summed E-state index contributed by atoms with van der Waals surface area (Å²) in [5.74, 6) is 0.928. The van der Waals surface area contributed by atoms with Crippen molar-refractivity contribution in [2.75, 3.05) is 26.4 Å². The Morgan fingerprint density at radius 3 is 2.87 bits per heavy atom.